The molecule has 0 aliphatic rings. The van der Waals surface area contributed by atoms with Gasteiger partial charge < -0.3 is 14.2 Å². The number of carbonyl (C=O) groups excluding carboxylic acids is 1. The van der Waals surface area contributed by atoms with Gasteiger partial charge in [0, 0.05) is 7.11 Å². The predicted octanol–water partition coefficient (Wildman–Crippen LogP) is 1.77. The van der Waals surface area contributed by atoms with Crippen molar-refractivity contribution in [2.75, 3.05) is 20.3 Å². The second-order valence-electron chi connectivity index (χ2n) is 3.17. The molecule has 1 aromatic carbocycles. The Morgan fingerprint density at radius 1 is 1.38 bits per heavy atom. The molecular weight excluding hydrogens is 208 g/mol. The second-order valence-corrected chi connectivity index (χ2v) is 3.17. The molecule has 0 aliphatic carbocycles. The predicted molar refractivity (Wildman–Crippen MR) is 59.3 cm³/mol. The minimum atomic E-state index is -0.361. The van der Waals surface area contributed by atoms with Crippen molar-refractivity contribution in [1.29, 1.82) is 0 Å². The first-order valence-corrected chi connectivity index (χ1v) is 5.12. The molecular formula is C12H16O4. The van der Waals surface area contributed by atoms with Gasteiger partial charge in [-0.1, -0.05) is 12.1 Å². The van der Waals surface area contributed by atoms with Gasteiger partial charge in [0.25, 0.3) is 0 Å². The number of ether oxygens (including phenoxy) is 3. The van der Waals surface area contributed by atoms with Crippen LogP contribution in [0, 0.1) is 0 Å². The third-order valence-electron chi connectivity index (χ3n) is 1.87. The molecule has 88 valence electrons. The first kappa shape index (κ1) is 12.5. The van der Waals surface area contributed by atoms with Crippen molar-refractivity contribution in [3.63, 3.8) is 0 Å². The van der Waals surface area contributed by atoms with Gasteiger partial charge in [-0.3, -0.25) is 0 Å². The maximum atomic E-state index is 11.1. The summed E-state index contributed by atoms with van der Waals surface area (Å²) in [5.74, 6) is 0.280. The Bertz CT molecular complexity index is 336. The highest BCUT2D eigenvalue weighted by molar-refractivity contribution is 5.71. The zero-order valence-corrected chi connectivity index (χ0v) is 9.56. The summed E-state index contributed by atoms with van der Waals surface area (Å²) in [7, 11) is 1.63. The Balaban J connectivity index is 2.47. The molecule has 0 spiro atoms. The quantitative estimate of drug-likeness (QED) is 0.691. The van der Waals surface area contributed by atoms with Crippen molar-refractivity contribution in [2.45, 2.75) is 13.5 Å². The molecule has 1 aromatic rings. The summed E-state index contributed by atoms with van der Waals surface area (Å²) >= 11 is 0. The van der Waals surface area contributed by atoms with Crippen molar-refractivity contribution in [2.24, 2.45) is 0 Å². The van der Waals surface area contributed by atoms with Crippen LogP contribution < -0.4 is 4.74 Å². The summed E-state index contributed by atoms with van der Waals surface area (Å²) in [6.45, 7) is 2.59. The molecule has 0 atom stereocenters. The highest BCUT2D eigenvalue weighted by Crippen LogP contribution is 2.13. The number of carbonyl (C=O) groups is 1. The summed E-state index contributed by atoms with van der Waals surface area (Å²) in [5, 5.41) is 0. The molecule has 1 rings (SSSR count). The van der Waals surface area contributed by atoms with E-state index in [1.165, 1.54) is 0 Å². The number of esters is 1. The van der Waals surface area contributed by atoms with E-state index in [1.807, 2.05) is 18.2 Å². The van der Waals surface area contributed by atoms with Crippen LogP contribution in [0.25, 0.3) is 0 Å². The number of methoxy groups -OCH3 is 1. The van der Waals surface area contributed by atoms with E-state index in [4.69, 9.17) is 14.2 Å². The van der Waals surface area contributed by atoms with Crippen LogP contribution in [-0.4, -0.2) is 26.3 Å². The lowest BCUT2D eigenvalue weighted by Gasteiger charge is -2.07. The largest absolute Gasteiger partial charge is 0.482 e. The Labute approximate surface area is 95.1 Å². The third-order valence-corrected chi connectivity index (χ3v) is 1.87. The molecule has 0 bridgehead atoms. The molecule has 0 aliphatic heterocycles. The molecule has 0 heterocycles. The Morgan fingerprint density at radius 2 is 2.19 bits per heavy atom. The van der Waals surface area contributed by atoms with Crippen LogP contribution in [0.15, 0.2) is 24.3 Å². The van der Waals surface area contributed by atoms with Crippen molar-refractivity contribution < 1.29 is 19.0 Å². The zero-order chi connectivity index (χ0) is 11.8. The fourth-order valence-electron chi connectivity index (χ4n) is 1.24. The molecule has 0 unspecified atom stereocenters. The summed E-state index contributed by atoms with van der Waals surface area (Å²) in [4.78, 5) is 11.1. The van der Waals surface area contributed by atoms with E-state index in [2.05, 4.69) is 0 Å². The van der Waals surface area contributed by atoms with Crippen LogP contribution in [0.5, 0.6) is 5.75 Å². The minimum absolute atomic E-state index is 0.0652. The number of hydrogen-bond donors (Lipinski definition) is 0. The van der Waals surface area contributed by atoms with Gasteiger partial charge in [-0.15, -0.1) is 0 Å². The van der Waals surface area contributed by atoms with Crippen molar-refractivity contribution >= 4 is 5.97 Å². The molecule has 4 heteroatoms. The van der Waals surface area contributed by atoms with E-state index < -0.39 is 0 Å². The number of benzene rings is 1. The standard InChI is InChI=1S/C12H16O4/c1-3-15-12(13)9-16-11-6-4-5-10(7-11)8-14-2/h4-7H,3,8-9H2,1-2H3. The molecule has 0 saturated heterocycles. The van der Waals surface area contributed by atoms with E-state index in [0.717, 1.165) is 5.56 Å². The molecule has 4 nitrogen and oxygen atoms in total. The average Bonchev–Trinajstić information content (AvgIpc) is 2.28. The monoisotopic (exact) mass is 224 g/mol. The van der Waals surface area contributed by atoms with Gasteiger partial charge in [0.15, 0.2) is 6.61 Å². The summed E-state index contributed by atoms with van der Waals surface area (Å²) in [5.41, 5.74) is 1.00. The lowest BCUT2D eigenvalue weighted by atomic mass is 10.2. The summed E-state index contributed by atoms with van der Waals surface area (Å²) in [6, 6.07) is 7.41. The smallest absolute Gasteiger partial charge is 0.344 e. The lowest BCUT2D eigenvalue weighted by Crippen LogP contribution is -2.14. The Hall–Kier alpha value is -1.55. The number of hydrogen-bond acceptors (Lipinski definition) is 4. The van der Waals surface area contributed by atoms with Gasteiger partial charge in [-0.2, -0.15) is 0 Å². The van der Waals surface area contributed by atoms with E-state index in [-0.39, 0.29) is 12.6 Å². The first-order valence-electron chi connectivity index (χ1n) is 5.12. The van der Waals surface area contributed by atoms with Crippen LogP contribution in [0.2, 0.25) is 0 Å². The molecule has 0 amide bonds. The maximum Gasteiger partial charge on any atom is 0.344 e. The SMILES string of the molecule is CCOC(=O)COc1cccc(COC)c1. The van der Waals surface area contributed by atoms with Gasteiger partial charge in [-0.05, 0) is 24.6 Å². The van der Waals surface area contributed by atoms with Crippen molar-refractivity contribution in [3.05, 3.63) is 29.8 Å². The van der Waals surface area contributed by atoms with E-state index in [9.17, 15) is 4.79 Å². The van der Waals surface area contributed by atoms with E-state index >= 15 is 0 Å². The zero-order valence-electron chi connectivity index (χ0n) is 9.56. The Morgan fingerprint density at radius 3 is 2.88 bits per heavy atom. The van der Waals surface area contributed by atoms with E-state index in [1.54, 1.807) is 20.1 Å². The third kappa shape index (κ3) is 4.31. The summed E-state index contributed by atoms with van der Waals surface area (Å²) < 4.78 is 15.0. The maximum absolute atomic E-state index is 11.1. The van der Waals surface area contributed by atoms with Crippen LogP contribution in [0.3, 0.4) is 0 Å². The van der Waals surface area contributed by atoms with Crippen molar-refractivity contribution in [3.8, 4) is 5.75 Å². The molecule has 0 N–H and O–H groups in total. The molecule has 0 radical (unpaired) electrons. The molecule has 0 fully saturated rings. The van der Waals surface area contributed by atoms with Gasteiger partial charge in [0.1, 0.15) is 5.75 Å². The normalized spacial score (nSPS) is 9.88. The Kier molecular flexibility index (Phi) is 5.36. The topological polar surface area (TPSA) is 44.8 Å². The minimum Gasteiger partial charge on any atom is -0.482 e. The first-order chi connectivity index (χ1) is 7.76. The fraction of sp³-hybridized carbons (Fsp3) is 0.417. The molecule has 0 saturated carbocycles. The van der Waals surface area contributed by atoms with Crippen LogP contribution in [-0.2, 0) is 20.9 Å². The van der Waals surface area contributed by atoms with Crippen LogP contribution >= 0.6 is 0 Å². The van der Waals surface area contributed by atoms with Crippen LogP contribution in [0.1, 0.15) is 12.5 Å². The second kappa shape index (κ2) is 6.85. The molecule has 16 heavy (non-hydrogen) atoms. The van der Waals surface area contributed by atoms with E-state index in [0.29, 0.717) is 19.0 Å². The van der Waals surface area contributed by atoms with Crippen molar-refractivity contribution in [1.82, 2.24) is 0 Å². The molecule has 0 aromatic heterocycles. The van der Waals surface area contributed by atoms with Gasteiger partial charge in [0.05, 0.1) is 13.2 Å². The summed E-state index contributed by atoms with van der Waals surface area (Å²) in [6.07, 6.45) is 0. The van der Waals surface area contributed by atoms with Gasteiger partial charge in [0.2, 0.25) is 0 Å². The highest BCUT2D eigenvalue weighted by Gasteiger charge is 2.03. The fourth-order valence-corrected chi connectivity index (χ4v) is 1.24. The van der Waals surface area contributed by atoms with Gasteiger partial charge in [-0.25, -0.2) is 4.79 Å². The number of rotatable bonds is 6. The highest BCUT2D eigenvalue weighted by atomic mass is 16.6. The average molecular weight is 224 g/mol. The lowest BCUT2D eigenvalue weighted by molar-refractivity contribution is -0.145. The van der Waals surface area contributed by atoms with Gasteiger partial charge >= 0.3 is 5.97 Å². The van der Waals surface area contributed by atoms with Crippen LogP contribution in [0.4, 0.5) is 0 Å².